The highest BCUT2D eigenvalue weighted by Crippen LogP contribution is 2.22. The number of benzene rings is 2. The van der Waals surface area contributed by atoms with Gasteiger partial charge >= 0.3 is 0 Å². The number of Topliss-reactive ketones (excluding diaryl/α,β-unsaturated/α-hetero) is 2. The molecule has 3 aromatic rings. The van der Waals surface area contributed by atoms with Crippen LogP contribution in [0.4, 0.5) is 0 Å². The smallest absolute Gasteiger partial charge is 0.257 e. The Kier molecular flexibility index (Phi) is 7.49. The highest BCUT2D eigenvalue weighted by atomic mass is 16.2. The molecule has 1 amide bonds. The first kappa shape index (κ1) is 22.9. The largest absolute Gasteiger partial charge is 0.358 e. The number of pyridine rings is 1. The maximum atomic E-state index is 12.9. The van der Waals surface area contributed by atoms with E-state index in [0.29, 0.717) is 6.42 Å². The standard InChI is InChI=1S/C26H26N2O4/c1-17(18(2)29)13-14-23(30)22-15-24(31)21(16-27-22)26(32)28-25(19-9-5-3-6-10-19)20-11-7-4-8-12-20/h3-12,15-17,25H,13-14H2,1-2H3,(H,27,31)(H,28,32). The van der Waals surface area contributed by atoms with Gasteiger partial charge in [-0.3, -0.25) is 19.2 Å². The van der Waals surface area contributed by atoms with E-state index in [2.05, 4.69) is 10.3 Å². The summed E-state index contributed by atoms with van der Waals surface area (Å²) in [4.78, 5) is 52.0. The van der Waals surface area contributed by atoms with Gasteiger partial charge in [-0.1, -0.05) is 67.6 Å². The molecule has 0 saturated carbocycles. The van der Waals surface area contributed by atoms with Gasteiger partial charge in [-0.15, -0.1) is 0 Å². The zero-order valence-corrected chi connectivity index (χ0v) is 18.1. The summed E-state index contributed by atoms with van der Waals surface area (Å²) in [6.45, 7) is 3.25. The number of aromatic nitrogens is 1. The van der Waals surface area contributed by atoms with E-state index in [0.717, 1.165) is 17.2 Å². The van der Waals surface area contributed by atoms with E-state index in [-0.39, 0.29) is 35.2 Å². The maximum absolute atomic E-state index is 12.9. The van der Waals surface area contributed by atoms with E-state index in [4.69, 9.17) is 0 Å². The molecule has 0 spiro atoms. The van der Waals surface area contributed by atoms with E-state index in [1.807, 2.05) is 60.7 Å². The van der Waals surface area contributed by atoms with Crippen molar-refractivity contribution in [3.63, 3.8) is 0 Å². The van der Waals surface area contributed by atoms with E-state index in [9.17, 15) is 19.2 Å². The Morgan fingerprint density at radius 3 is 2.00 bits per heavy atom. The van der Waals surface area contributed by atoms with Gasteiger partial charge in [-0.25, -0.2) is 0 Å². The molecule has 164 valence electrons. The van der Waals surface area contributed by atoms with Crippen molar-refractivity contribution in [2.75, 3.05) is 0 Å². The van der Waals surface area contributed by atoms with Gasteiger partial charge < -0.3 is 10.3 Å². The minimum absolute atomic E-state index is 0.0182. The zero-order chi connectivity index (χ0) is 23.1. The molecule has 6 nitrogen and oxygen atoms in total. The normalized spacial score (nSPS) is 11.7. The Bertz CT molecular complexity index is 1110. The topological polar surface area (TPSA) is 96.1 Å². The van der Waals surface area contributed by atoms with Crippen LogP contribution in [-0.2, 0) is 4.79 Å². The Labute approximate surface area is 186 Å². The second-order valence-corrected chi connectivity index (χ2v) is 7.83. The molecule has 6 heteroatoms. The summed E-state index contributed by atoms with van der Waals surface area (Å²) in [6.07, 6.45) is 1.83. The van der Waals surface area contributed by atoms with Crippen molar-refractivity contribution in [1.29, 1.82) is 0 Å². The van der Waals surface area contributed by atoms with Crippen LogP contribution in [0.2, 0.25) is 0 Å². The summed E-state index contributed by atoms with van der Waals surface area (Å²) in [7, 11) is 0. The second kappa shape index (κ2) is 10.5. The third-order valence-electron chi connectivity index (χ3n) is 5.50. The number of nitrogens with one attached hydrogen (secondary N) is 2. The van der Waals surface area contributed by atoms with Crippen LogP contribution in [0.3, 0.4) is 0 Å². The molecule has 1 aromatic heterocycles. The van der Waals surface area contributed by atoms with Crippen LogP contribution < -0.4 is 10.7 Å². The van der Waals surface area contributed by atoms with Gasteiger partial charge in [0.2, 0.25) is 0 Å². The first-order valence-corrected chi connectivity index (χ1v) is 10.5. The van der Waals surface area contributed by atoms with Crippen LogP contribution >= 0.6 is 0 Å². The number of hydrogen-bond donors (Lipinski definition) is 2. The van der Waals surface area contributed by atoms with E-state index in [1.165, 1.54) is 13.1 Å². The average Bonchev–Trinajstić information content (AvgIpc) is 2.81. The minimum atomic E-state index is -0.538. The molecule has 1 heterocycles. The number of H-pyrrole nitrogens is 1. The molecule has 0 aliphatic heterocycles. The SMILES string of the molecule is CC(=O)C(C)CCC(=O)c1cc(=O)c(C(=O)NC(c2ccccc2)c2ccccc2)c[nH]1. The third kappa shape index (κ3) is 5.66. The monoisotopic (exact) mass is 430 g/mol. The molecule has 0 radical (unpaired) electrons. The lowest BCUT2D eigenvalue weighted by molar-refractivity contribution is -0.120. The van der Waals surface area contributed by atoms with Crippen LogP contribution in [0, 0.1) is 5.92 Å². The van der Waals surface area contributed by atoms with Crippen molar-refractivity contribution < 1.29 is 14.4 Å². The van der Waals surface area contributed by atoms with Crippen LogP contribution in [0.1, 0.15) is 64.7 Å². The Morgan fingerprint density at radius 1 is 0.938 bits per heavy atom. The quantitative estimate of drug-likeness (QED) is 0.500. The molecule has 0 aliphatic rings. The fourth-order valence-electron chi connectivity index (χ4n) is 3.35. The van der Waals surface area contributed by atoms with E-state index < -0.39 is 17.4 Å². The van der Waals surface area contributed by atoms with Crippen molar-refractivity contribution in [2.45, 2.75) is 32.7 Å². The first-order chi connectivity index (χ1) is 15.4. The molecule has 2 aromatic carbocycles. The molecule has 32 heavy (non-hydrogen) atoms. The summed E-state index contributed by atoms with van der Waals surface area (Å²) in [6, 6.07) is 19.7. The minimum Gasteiger partial charge on any atom is -0.358 e. The van der Waals surface area contributed by atoms with Crippen molar-refractivity contribution in [3.05, 3.63) is 106 Å². The molecule has 0 aliphatic carbocycles. The Morgan fingerprint density at radius 2 is 1.50 bits per heavy atom. The van der Waals surface area contributed by atoms with E-state index >= 15 is 0 Å². The Balaban J connectivity index is 1.78. The zero-order valence-electron chi connectivity index (χ0n) is 18.1. The molecule has 1 atom stereocenters. The molecule has 0 saturated heterocycles. The average molecular weight is 431 g/mol. The van der Waals surface area contributed by atoms with Crippen LogP contribution in [0.25, 0.3) is 0 Å². The number of carbonyl (C=O) groups excluding carboxylic acids is 3. The molecule has 1 unspecified atom stereocenters. The molecule has 2 N–H and O–H groups in total. The van der Waals surface area contributed by atoms with Gasteiger partial charge in [0.05, 0.1) is 11.7 Å². The fourth-order valence-corrected chi connectivity index (χ4v) is 3.35. The highest BCUT2D eigenvalue weighted by Gasteiger charge is 2.20. The van der Waals surface area contributed by atoms with Gasteiger partial charge in [-0.2, -0.15) is 0 Å². The molecule has 0 fully saturated rings. The molecule has 0 bridgehead atoms. The summed E-state index contributed by atoms with van der Waals surface area (Å²) in [5.74, 6) is -1.00. The van der Waals surface area contributed by atoms with E-state index in [1.54, 1.807) is 6.92 Å². The van der Waals surface area contributed by atoms with Gasteiger partial charge in [-0.05, 0) is 24.5 Å². The second-order valence-electron chi connectivity index (χ2n) is 7.83. The number of ketones is 2. The maximum Gasteiger partial charge on any atom is 0.257 e. The van der Waals surface area contributed by atoms with Crippen molar-refractivity contribution >= 4 is 17.5 Å². The molecule has 3 rings (SSSR count). The number of rotatable bonds is 9. The van der Waals surface area contributed by atoms with Crippen molar-refractivity contribution in [2.24, 2.45) is 5.92 Å². The summed E-state index contributed by atoms with van der Waals surface area (Å²) in [5.41, 5.74) is 1.29. The lowest BCUT2D eigenvalue weighted by atomic mass is 9.98. The van der Waals surface area contributed by atoms with Crippen LogP contribution in [0.5, 0.6) is 0 Å². The predicted octanol–water partition coefficient (Wildman–Crippen LogP) is 4.08. The van der Waals surface area contributed by atoms with Gasteiger partial charge in [0.25, 0.3) is 5.91 Å². The highest BCUT2D eigenvalue weighted by molar-refractivity contribution is 5.97. The van der Waals surface area contributed by atoms with Crippen molar-refractivity contribution in [1.82, 2.24) is 10.3 Å². The number of amides is 1. The van der Waals surface area contributed by atoms with Crippen LogP contribution in [-0.4, -0.2) is 22.5 Å². The van der Waals surface area contributed by atoms with Crippen molar-refractivity contribution in [3.8, 4) is 0 Å². The van der Waals surface area contributed by atoms with Gasteiger partial charge in [0.15, 0.2) is 11.2 Å². The number of aromatic amines is 1. The van der Waals surface area contributed by atoms with Gasteiger partial charge in [0, 0.05) is 24.6 Å². The third-order valence-corrected chi connectivity index (χ3v) is 5.50. The number of carbonyl (C=O) groups is 3. The summed E-state index contributed by atoms with van der Waals surface area (Å²) >= 11 is 0. The Hall–Kier alpha value is -3.80. The lowest BCUT2D eigenvalue weighted by Gasteiger charge is -2.20. The summed E-state index contributed by atoms with van der Waals surface area (Å²) in [5, 5.41) is 2.93. The first-order valence-electron chi connectivity index (χ1n) is 10.5. The number of hydrogen-bond acceptors (Lipinski definition) is 4. The summed E-state index contributed by atoms with van der Waals surface area (Å²) < 4.78 is 0. The predicted molar refractivity (Wildman–Crippen MR) is 123 cm³/mol. The van der Waals surface area contributed by atoms with Crippen LogP contribution in [0.15, 0.2) is 77.7 Å². The fraction of sp³-hybridized carbons (Fsp3) is 0.231. The molecular weight excluding hydrogens is 404 g/mol. The lowest BCUT2D eigenvalue weighted by Crippen LogP contribution is -2.33. The molecular formula is C26H26N2O4. The van der Waals surface area contributed by atoms with Gasteiger partial charge in [0.1, 0.15) is 11.3 Å².